The number of terminal acetylenes is 2. The van der Waals surface area contributed by atoms with Gasteiger partial charge in [0.15, 0.2) is 6.73 Å². The van der Waals surface area contributed by atoms with Gasteiger partial charge in [0.05, 0.1) is 12.2 Å². The van der Waals surface area contributed by atoms with Crippen LogP contribution in [0.4, 0.5) is 5.69 Å². The van der Waals surface area contributed by atoms with Crippen molar-refractivity contribution in [2.24, 2.45) is 0 Å². The average molecular weight is 319 g/mol. The normalized spacial score (nSPS) is 12.3. The van der Waals surface area contributed by atoms with Crippen molar-refractivity contribution in [3.05, 3.63) is 48.0 Å². The first-order chi connectivity index (χ1) is 11.8. The van der Waals surface area contributed by atoms with Gasteiger partial charge in [0.25, 0.3) is 0 Å². The molecule has 2 aromatic rings. The van der Waals surface area contributed by atoms with E-state index in [-0.39, 0.29) is 13.2 Å². The molecule has 0 radical (unpaired) electrons. The van der Waals surface area contributed by atoms with E-state index in [0.717, 1.165) is 28.5 Å². The largest absolute Gasteiger partial charge is 0.481 e. The average Bonchev–Trinajstić information content (AvgIpc) is 2.64. The molecule has 1 aliphatic heterocycles. The minimum atomic E-state index is 0.229. The summed E-state index contributed by atoms with van der Waals surface area (Å²) < 4.78 is 16.9. The second-order valence-electron chi connectivity index (χ2n) is 5.19. The van der Waals surface area contributed by atoms with Gasteiger partial charge in [0.2, 0.25) is 0 Å². The van der Waals surface area contributed by atoms with Crippen LogP contribution >= 0.6 is 0 Å². The molecule has 0 N–H and O–H groups in total. The first-order valence-electron chi connectivity index (χ1n) is 7.54. The summed E-state index contributed by atoms with van der Waals surface area (Å²) in [6.45, 7) is 1.59. The van der Waals surface area contributed by atoms with Crippen molar-refractivity contribution in [1.82, 2.24) is 0 Å². The fourth-order valence-electron chi connectivity index (χ4n) is 2.55. The number of ether oxygens (including phenoxy) is 3. The maximum atomic E-state index is 5.84. The number of benzene rings is 2. The number of rotatable bonds is 5. The smallest absolute Gasteiger partial charge is 0.161 e. The molecule has 0 aliphatic carbocycles. The van der Waals surface area contributed by atoms with Crippen LogP contribution in [0.1, 0.15) is 5.56 Å². The fraction of sp³-hybridized carbons (Fsp3) is 0.200. The molecule has 0 aromatic heterocycles. The lowest BCUT2D eigenvalue weighted by Gasteiger charge is -2.31. The van der Waals surface area contributed by atoms with Crippen LogP contribution in [0.2, 0.25) is 0 Å². The van der Waals surface area contributed by atoms with Crippen molar-refractivity contribution in [2.45, 2.75) is 6.54 Å². The minimum Gasteiger partial charge on any atom is -0.481 e. The zero-order valence-electron chi connectivity index (χ0n) is 13.2. The molecule has 1 aliphatic rings. The third kappa shape index (κ3) is 3.39. The van der Waals surface area contributed by atoms with Gasteiger partial charge >= 0.3 is 0 Å². The number of nitrogens with zero attached hydrogens (tertiary/aromatic N) is 1. The van der Waals surface area contributed by atoms with Crippen LogP contribution in [0.3, 0.4) is 0 Å². The molecule has 0 unspecified atom stereocenters. The summed E-state index contributed by atoms with van der Waals surface area (Å²) >= 11 is 0. The van der Waals surface area contributed by atoms with E-state index in [4.69, 9.17) is 27.1 Å². The van der Waals surface area contributed by atoms with Crippen molar-refractivity contribution in [2.75, 3.05) is 24.8 Å². The third-order valence-electron chi connectivity index (χ3n) is 3.61. The highest BCUT2D eigenvalue weighted by Crippen LogP contribution is 2.35. The lowest BCUT2D eigenvalue weighted by atomic mass is 10.1. The monoisotopic (exact) mass is 319 g/mol. The second-order valence-corrected chi connectivity index (χ2v) is 5.19. The molecule has 0 bridgehead atoms. The van der Waals surface area contributed by atoms with Crippen molar-refractivity contribution in [3.63, 3.8) is 0 Å². The first-order valence-corrected chi connectivity index (χ1v) is 7.54. The van der Waals surface area contributed by atoms with Gasteiger partial charge < -0.3 is 19.1 Å². The van der Waals surface area contributed by atoms with Gasteiger partial charge in [-0.3, -0.25) is 0 Å². The quantitative estimate of drug-likeness (QED) is 0.793. The molecular weight excluding hydrogens is 302 g/mol. The van der Waals surface area contributed by atoms with Gasteiger partial charge in [-0.2, -0.15) is 0 Å². The van der Waals surface area contributed by atoms with E-state index >= 15 is 0 Å². The summed E-state index contributed by atoms with van der Waals surface area (Å²) in [4.78, 5) is 2.08. The van der Waals surface area contributed by atoms with Gasteiger partial charge in [-0.1, -0.05) is 24.0 Å². The summed E-state index contributed by atoms with van der Waals surface area (Å²) in [7, 11) is 0. The summed E-state index contributed by atoms with van der Waals surface area (Å²) in [5, 5.41) is 0. The van der Waals surface area contributed by atoms with Crippen LogP contribution in [0.5, 0.6) is 17.2 Å². The molecule has 3 rings (SSSR count). The molecule has 0 amide bonds. The Hall–Kier alpha value is -3.24. The van der Waals surface area contributed by atoms with Crippen LogP contribution in [-0.2, 0) is 6.54 Å². The van der Waals surface area contributed by atoms with Crippen molar-refractivity contribution in [3.8, 4) is 41.9 Å². The van der Waals surface area contributed by atoms with Crippen LogP contribution in [-0.4, -0.2) is 19.9 Å². The lowest BCUT2D eigenvalue weighted by Crippen LogP contribution is -2.32. The molecular formula is C20H17NO3. The predicted octanol–water partition coefficient (Wildman–Crippen LogP) is 3.07. The van der Waals surface area contributed by atoms with Crippen molar-refractivity contribution >= 4 is 5.69 Å². The van der Waals surface area contributed by atoms with E-state index in [9.17, 15) is 0 Å². The molecule has 0 spiro atoms. The highest BCUT2D eigenvalue weighted by Gasteiger charge is 2.20. The van der Waals surface area contributed by atoms with Gasteiger partial charge in [-0.05, 0) is 30.3 Å². The molecule has 4 heteroatoms. The van der Waals surface area contributed by atoms with Crippen LogP contribution in [0.15, 0.2) is 42.5 Å². The summed E-state index contributed by atoms with van der Waals surface area (Å²) in [6, 6.07) is 13.5. The van der Waals surface area contributed by atoms with Gasteiger partial charge in [0, 0.05) is 5.56 Å². The maximum absolute atomic E-state index is 5.84. The number of hydrogen-bond donors (Lipinski definition) is 0. The lowest BCUT2D eigenvalue weighted by molar-refractivity contribution is 0.284. The highest BCUT2D eigenvalue weighted by molar-refractivity contribution is 5.60. The molecule has 0 atom stereocenters. The second kappa shape index (κ2) is 7.35. The number of fused-ring (bicyclic) bond motifs is 1. The first kappa shape index (κ1) is 15.6. The van der Waals surface area contributed by atoms with Crippen LogP contribution in [0.25, 0.3) is 0 Å². The third-order valence-corrected chi connectivity index (χ3v) is 3.61. The van der Waals surface area contributed by atoms with Gasteiger partial charge in [0.1, 0.15) is 30.5 Å². The predicted molar refractivity (Wildman–Crippen MR) is 93.2 cm³/mol. The van der Waals surface area contributed by atoms with E-state index < -0.39 is 0 Å². The van der Waals surface area contributed by atoms with E-state index in [2.05, 4.69) is 16.7 Å². The van der Waals surface area contributed by atoms with E-state index in [0.29, 0.717) is 13.3 Å². The van der Waals surface area contributed by atoms with Crippen molar-refractivity contribution in [1.29, 1.82) is 0 Å². The Morgan fingerprint density at radius 1 is 1.04 bits per heavy atom. The number of anilines is 1. The molecule has 0 fully saturated rings. The summed E-state index contributed by atoms with van der Waals surface area (Å²) in [5.74, 6) is 7.26. The Morgan fingerprint density at radius 2 is 1.83 bits per heavy atom. The Bertz CT molecular complexity index is 801. The molecule has 1 heterocycles. The van der Waals surface area contributed by atoms with E-state index in [1.54, 1.807) is 0 Å². The van der Waals surface area contributed by atoms with E-state index in [1.165, 1.54) is 0 Å². The summed E-state index contributed by atoms with van der Waals surface area (Å²) in [5.41, 5.74) is 1.97. The van der Waals surface area contributed by atoms with Crippen LogP contribution < -0.4 is 19.1 Å². The van der Waals surface area contributed by atoms with Gasteiger partial charge in [-0.25, -0.2) is 0 Å². The molecule has 0 saturated carbocycles. The molecule has 2 aromatic carbocycles. The summed E-state index contributed by atoms with van der Waals surface area (Å²) in [6.07, 6.45) is 10.5. The Balaban J connectivity index is 1.82. The van der Waals surface area contributed by atoms with Gasteiger partial charge in [-0.15, -0.1) is 12.8 Å². The zero-order valence-corrected chi connectivity index (χ0v) is 13.2. The highest BCUT2D eigenvalue weighted by atomic mass is 16.5. The topological polar surface area (TPSA) is 30.9 Å². The van der Waals surface area contributed by atoms with E-state index in [1.807, 2.05) is 42.5 Å². The Kier molecular flexibility index (Phi) is 4.79. The Labute approximate surface area is 142 Å². The van der Waals surface area contributed by atoms with Crippen molar-refractivity contribution < 1.29 is 14.2 Å². The fourth-order valence-corrected chi connectivity index (χ4v) is 2.55. The zero-order chi connectivity index (χ0) is 16.8. The standard InChI is InChI=1S/C20H17NO3/c1-3-11-22-17-9-10-19-16(13-17)14-21(15-24-19)18-7-5-6-8-20(18)23-12-4-2/h1-2,5-10,13H,11-12,14-15H2. The molecule has 0 saturated heterocycles. The number of para-hydroxylation sites is 2. The minimum absolute atomic E-state index is 0.229. The molecule has 120 valence electrons. The van der Waals surface area contributed by atoms with Crippen LogP contribution in [0, 0.1) is 24.7 Å². The molecule has 4 nitrogen and oxygen atoms in total. The Morgan fingerprint density at radius 3 is 2.67 bits per heavy atom. The number of hydrogen-bond acceptors (Lipinski definition) is 4. The SMILES string of the molecule is C#CCOc1ccc2c(c1)CN(c1ccccc1OCC#C)CO2. The molecule has 24 heavy (non-hydrogen) atoms. The maximum Gasteiger partial charge on any atom is 0.161 e.